The number of methoxy groups -OCH3 is 1. The van der Waals surface area contributed by atoms with Gasteiger partial charge >= 0.3 is 0 Å². The molecule has 4 nitrogen and oxygen atoms in total. The fourth-order valence-electron chi connectivity index (χ4n) is 2.10. The highest BCUT2D eigenvalue weighted by atomic mass is 79.9. The summed E-state index contributed by atoms with van der Waals surface area (Å²) in [6.45, 7) is 1.89. The van der Waals surface area contributed by atoms with E-state index >= 15 is 0 Å². The fourth-order valence-corrected chi connectivity index (χ4v) is 2.54. The number of alkyl halides is 1. The summed E-state index contributed by atoms with van der Waals surface area (Å²) in [7, 11) is 1.60. The minimum Gasteiger partial charge on any atom is -0.496 e. The summed E-state index contributed by atoms with van der Waals surface area (Å²) in [5, 5.41) is 0.566. The highest BCUT2D eigenvalue weighted by Crippen LogP contribution is 2.33. The van der Waals surface area contributed by atoms with E-state index in [0.717, 1.165) is 16.9 Å². The van der Waals surface area contributed by atoms with E-state index in [0.29, 0.717) is 23.9 Å². The quantitative estimate of drug-likeness (QED) is 0.636. The Morgan fingerprint density at radius 2 is 1.89 bits per heavy atom. The molecule has 0 aromatic heterocycles. The predicted octanol–water partition coefficient (Wildman–Crippen LogP) is 2.55. The SMILES string of the molecule is COc1cc(CBr)c(N2C(=O)CCC2=O)cc1C. The molecule has 0 N–H and O–H groups in total. The normalized spacial score (nSPS) is 15.4. The van der Waals surface area contributed by atoms with Gasteiger partial charge in [-0.1, -0.05) is 15.9 Å². The van der Waals surface area contributed by atoms with Gasteiger partial charge in [0.1, 0.15) is 5.75 Å². The third kappa shape index (κ3) is 2.14. The van der Waals surface area contributed by atoms with E-state index < -0.39 is 0 Å². The van der Waals surface area contributed by atoms with E-state index in [2.05, 4.69) is 15.9 Å². The summed E-state index contributed by atoms with van der Waals surface area (Å²) in [5.41, 5.74) is 2.45. The number of imide groups is 1. The van der Waals surface area contributed by atoms with Crippen LogP contribution in [0.1, 0.15) is 24.0 Å². The number of carbonyl (C=O) groups excluding carboxylic acids is 2. The Labute approximate surface area is 114 Å². The first-order valence-electron chi connectivity index (χ1n) is 5.67. The molecule has 2 amide bonds. The molecule has 0 atom stereocenters. The van der Waals surface area contributed by atoms with Gasteiger partial charge in [0, 0.05) is 18.2 Å². The zero-order chi connectivity index (χ0) is 13.3. The summed E-state index contributed by atoms with van der Waals surface area (Å²) >= 11 is 3.38. The van der Waals surface area contributed by atoms with Crippen molar-refractivity contribution in [2.45, 2.75) is 25.1 Å². The van der Waals surface area contributed by atoms with Crippen LogP contribution < -0.4 is 9.64 Å². The van der Waals surface area contributed by atoms with Crippen molar-refractivity contribution in [3.63, 3.8) is 0 Å². The lowest BCUT2D eigenvalue weighted by atomic mass is 10.1. The number of nitrogens with zero attached hydrogens (tertiary/aromatic N) is 1. The lowest BCUT2D eigenvalue weighted by molar-refractivity contribution is -0.121. The molecule has 0 spiro atoms. The van der Waals surface area contributed by atoms with E-state index in [1.807, 2.05) is 19.1 Å². The minimum absolute atomic E-state index is 0.133. The number of carbonyl (C=O) groups is 2. The van der Waals surface area contributed by atoms with Crippen molar-refractivity contribution >= 4 is 33.4 Å². The van der Waals surface area contributed by atoms with Crippen LogP contribution in [-0.4, -0.2) is 18.9 Å². The van der Waals surface area contributed by atoms with Crippen LogP contribution in [-0.2, 0) is 14.9 Å². The van der Waals surface area contributed by atoms with Crippen LogP contribution in [0.3, 0.4) is 0 Å². The van der Waals surface area contributed by atoms with Gasteiger partial charge in [0.15, 0.2) is 0 Å². The third-order valence-electron chi connectivity index (χ3n) is 3.03. The second kappa shape index (κ2) is 5.10. The Balaban J connectivity index is 2.53. The van der Waals surface area contributed by atoms with Crippen LogP contribution >= 0.6 is 15.9 Å². The zero-order valence-electron chi connectivity index (χ0n) is 10.3. The van der Waals surface area contributed by atoms with Gasteiger partial charge in [-0.25, -0.2) is 0 Å². The fraction of sp³-hybridized carbons (Fsp3) is 0.385. The van der Waals surface area contributed by atoms with Gasteiger partial charge < -0.3 is 4.74 Å². The van der Waals surface area contributed by atoms with Crippen molar-refractivity contribution in [3.8, 4) is 5.75 Å². The number of anilines is 1. The molecule has 0 saturated carbocycles. The van der Waals surface area contributed by atoms with Crippen molar-refractivity contribution < 1.29 is 14.3 Å². The summed E-state index contributed by atoms with van der Waals surface area (Å²) in [4.78, 5) is 24.8. The summed E-state index contributed by atoms with van der Waals surface area (Å²) in [6.07, 6.45) is 0.595. The van der Waals surface area contributed by atoms with Crippen LogP contribution in [0.15, 0.2) is 12.1 Å². The van der Waals surface area contributed by atoms with Crippen molar-refractivity contribution in [2.24, 2.45) is 0 Å². The van der Waals surface area contributed by atoms with E-state index in [4.69, 9.17) is 4.74 Å². The maximum absolute atomic E-state index is 11.8. The Bertz CT molecular complexity index is 497. The molecule has 0 unspecified atom stereocenters. The van der Waals surface area contributed by atoms with E-state index in [1.54, 1.807) is 7.11 Å². The van der Waals surface area contributed by atoms with Crippen LogP contribution in [0, 0.1) is 6.92 Å². The third-order valence-corrected chi connectivity index (χ3v) is 3.64. The molecule has 1 aliphatic heterocycles. The molecular weight excluding hydrogens is 298 g/mol. The molecule has 1 aromatic carbocycles. The smallest absolute Gasteiger partial charge is 0.234 e. The molecule has 1 aromatic rings. The topological polar surface area (TPSA) is 46.6 Å². The molecule has 1 saturated heterocycles. The molecule has 96 valence electrons. The average molecular weight is 312 g/mol. The second-order valence-corrected chi connectivity index (χ2v) is 4.77. The summed E-state index contributed by atoms with van der Waals surface area (Å²) < 4.78 is 5.25. The lowest BCUT2D eigenvalue weighted by Crippen LogP contribution is -2.29. The largest absolute Gasteiger partial charge is 0.496 e. The average Bonchev–Trinajstić information content (AvgIpc) is 2.68. The number of aryl methyl sites for hydroxylation is 1. The first-order valence-corrected chi connectivity index (χ1v) is 6.80. The Morgan fingerprint density at radius 1 is 1.28 bits per heavy atom. The number of amides is 2. The maximum atomic E-state index is 11.8. The molecule has 2 rings (SSSR count). The van der Waals surface area contributed by atoms with Crippen LogP contribution in [0.2, 0.25) is 0 Å². The predicted molar refractivity (Wildman–Crippen MR) is 72.1 cm³/mol. The molecule has 0 radical (unpaired) electrons. The first-order chi connectivity index (χ1) is 8.58. The number of rotatable bonds is 3. The molecule has 18 heavy (non-hydrogen) atoms. The van der Waals surface area contributed by atoms with Crippen molar-refractivity contribution in [2.75, 3.05) is 12.0 Å². The molecule has 1 heterocycles. The van der Waals surface area contributed by atoms with Crippen molar-refractivity contribution in [1.29, 1.82) is 0 Å². The van der Waals surface area contributed by atoms with Crippen LogP contribution in [0.5, 0.6) is 5.75 Å². The molecular formula is C13H14BrNO3. The number of ether oxygens (including phenoxy) is 1. The Morgan fingerprint density at radius 3 is 2.39 bits per heavy atom. The van der Waals surface area contributed by atoms with E-state index in [9.17, 15) is 9.59 Å². The Kier molecular flexibility index (Phi) is 3.71. The molecule has 1 aliphatic rings. The lowest BCUT2D eigenvalue weighted by Gasteiger charge is -2.19. The van der Waals surface area contributed by atoms with Gasteiger partial charge in [0.05, 0.1) is 12.8 Å². The standard InChI is InChI=1S/C13H14BrNO3/c1-8-5-10(9(7-14)6-11(8)18-2)15-12(16)3-4-13(15)17/h5-6H,3-4,7H2,1-2H3. The number of hydrogen-bond donors (Lipinski definition) is 0. The molecule has 1 fully saturated rings. The second-order valence-electron chi connectivity index (χ2n) is 4.21. The Hall–Kier alpha value is -1.36. The zero-order valence-corrected chi connectivity index (χ0v) is 11.9. The summed E-state index contributed by atoms with van der Waals surface area (Å²) in [6, 6.07) is 3.69. The van der Waals surface area contributed by atoms with Gasteiger partial charge in [-0.3, -0.25) is 14.5 Å². The highest BCUT2D eigenvalue weighted by molar-refractivity contribution is 9.08. The van der Waals surface area contributed by atoms with Gasteiger partial charge in [-0.2, -0.15) is 0 Å². The first kappa shape index (κ1) is 13.1. The van der Waals surface area contributed by atoms with Gasteiger partial charge in [-0.05, 0) is 30.2 Å². The van der Waals surface area contributed by atoms with Gasteiger partial charge in [0.25, 0.3) is 0 Å². The molecule has 5 heteroatoms. The van der Waals surface area contributed by atoms with Crippen molar-refractivity contribution in [1.82, 2.24) is 0 Å². The number of hydrogen-bond acceptors (Lipinski definition) is 3. The maximum Gasteiger partial charge on any atom is 0.234 e. The monoisotopic (exact) mass is 311 g/mol. The van der Waals surface area contributed by atoms with Gasteiger partial charge in [-0.15, -0.1) is 0 Å². The van der Waals surface area contributed by atoms with Crippen molar-refractivity contribution in [3.05, 3.63) is 23.3 Å². The number of benzene rings is 1. The highest BCUT2D eigenvalue weighted by Gasteiger charge is 2.32. The molecule has 0 bridgehead atoms. The van der Waals surface area contributed by atoms with Gasteiger partial charge in [0.2, 0.25) is 11.8 Å². The number of halogens is 1. The minimum atomic E-state index is -0.133. The summed E-state index contributed by atoms with van der Waals surface area (Å²) in [5.74, 6) is 0.492. The van der Waals surface area contributed by atoms with Crippen LogP contribution in [0.4, 0.5) is 5.69 Å². The van der Waals surface area contributed by atoms with E-state index in [1.165, 1.54) is 4.90 Å². The van der Waals surface area contributed by atoms with Crippen LogP contribution in [0.25, 0.3) is 0 Å². The van der Waals surface area contributed by atoms with E-state index in [-0.39, 0.29) is 11.8 Å². The molecule has 0 aliphatic carbocycles.